The Morgan fingerprint density at radius 1 is 1.25 bits per heavy atom. The second-order valence-corrected chi connectivity index (χ2v) is 4.83. The fraction of sp³-hybridized carbons (Fsp3) is 0.467. The minimum atomic E-state index is -0.644. The van der Waals surface area contributed by atoms with Crippen LogP contribution in [0.1, 0.15) is 24.8 Å². The van der Waals surface area contributed by atoms with Crippen molar-refractivity contribution in [2.45, 2.75) is 37.8 Å². The van der Waals surface area contributed by atoms with Crippen molar-refractivity contribution in [2.24, 2.45) is 11.5 Å². The van der Waals surface area contributed by atoms with Gasteiger partial charge in [0.2, 0.25) is 5.91 Å². The molecule has 5 nitrogen and oxygen atoms in total. The molecule has 0 radical (unpaired) electrons. The van der Waals surface area contributed by atoms with Gasteiger partial charge in [-0.05, 0) is 37.8 Å². The number of nitrogens with one attached hydrogen (secondary N) is 1. The SMILES string of the molecule is NCCCC[C@@H](C=O)NC(=O)[C@@H](N)Cc1ccccc1. The van der Waals surface area contributed by atoms with E-state index in [9.17, 15) is 9.59 Å². The summed E-state index contributed by atoms with van der Waals surface area (Å²) in [5.41, 5.74) is 12.3. The lowest BCUT2D eigenvalue weighted by atomic mass is 10.1. The highest BCUT2D eigenvalue weighted by molar-refractivity contribution is 5.84. The summed E-state index contributed by atoms with van der Waals surface area (Å²) in [6, 6.07) is 8.44. The summed E-state index contributed by atoms with van der Waals surface area (Å²) in [6.07, 6.45) is 3.47. The van der Waals surface area contributed by atoms with E-state index in [1.807, 2.05) is 30.3 Å². The summed E-state index contributed by atoms with van der Waals surface area (Å²) in [7, 11) is 0. The molecule has 1 aromatic rings. The Morgan fingerprint density at radius 2 is 1.95 bits per heavy atom. The smallest absolute Gasteiger partial charge is 0.237 e. The fourth-order valence-corrected chi connectivity index (χ4v) is 1.93. The monoisotopic (exact) mass is 277 g/mol. The summed E-state index contributed by atoms with van der Waals surface area (Å²) >= 11 is 0. The zero-order valence-electron chi connectivity index (χ0n) is 11.6. The van der Waals surface area contributed by atoms with Gasteiger partial charge >= 0.3 is 0 Å². The van der Waals surface area contributed by atoms with Crippen LogP contribution in [0.3, 0.4) is 0 Å². The van der Waals surface area contributed by atoms with Crippen molar-refractivity contribution in [3.63, 3.8) is 0 Å². The number of aldehydes is 1. The molecule has 0 aromatic heterocycles. The van der Waals surface area contributed by atoms with Crippen LogP contribution in [0.4, 0.5) is 0 Å². The maximum absolute atomic E-state index is 11.9. The lowest BCUT2D eigenvalue weighted by Crippen LogP contribution is -2.47. The largest absolute Gasteiger partial charge is 0.345 e. The molecule has 20 heavy (non-hydrogen) atoms. The minimum absolute atomic E-state index is 0.293. The first-order chi connectivity index (χ1) is 9.67. The van der Waals surface area contributed by atoms with Crippen molar-refractivity contribution in [2.75, 3.05) is 6.54 Å². The summed E-state index contributed by atoms with van der Waals surface area (Å²) in [6.45, 7) is 0.590. The molecule has 0 saturated carbocycles. The van der Waals surface area contributed by atoms with Crippen molar-refractivity contribution in [3.8, 4) is 0 Å². The number of amides is 1. The lowest BCUT2D eigenvalue weighted by Gasteiger charge is -2.16. The predicted molar refractivity (Wildman–Crippen MR) is 79.0 cm³/mol. The average Bonchev–Trinajstić information content (AvgIpc) is 2.47. The molecule has 0 unspecified atom stereocenters. The van der Waals surface area contributed by atoms with E-state index in [1.165, 1.54) is 0 Å². The van der Waals surface area contributed by atoms with Gasteiger partial charge in [0.1, 0.15) is 6.29 Å². The van der Waals surface area contributed by atoms with Crippen LogP contribution in [-0.4, -0.2) is 30.8 Å². The lowest BCUT2D eigenvalue weighted by molar-refractivity contribution is -0.125. The first kappa shape index (κ1) is 16.3. The van der Waals surface area contributed by atoms with E-state index in [2.05, 4.69) is 5.32 Å². The van der Waals surface area contributed by atoms with Gasteiger partial charge < -0.3 is 21.6 Å². The number of benzene rings is 1. The fourth-order valence-electron chi connectivity index (χ4n) is 1.93. The van der Waals surface area contributed by atoms with E-state index in [1.54, 1.807) is 0 Å². The molecule has 0 spiro atoms. The Labute approximate surface area is 119 Å². The summed E-state index contributed by atoms with van der Waals surface area (Å²) in [4.78, 5) is 22.9. The van der Waals surface area contributed by atoms with E-state index in [4.69, 9.17) is 11.5 Å². The Bertz CT molecular complexity index is 409. The molecule has 110 valence electrons. The molecule has 0 saturated heterocycles. The van der Waals surface area contributed by atoms with E-state index in [0.29, 0.717) is 19.4 Å². The molecular weight excluding hydrogens is 254 g/mol. The minimum Gasteiger partial charge on any atom is -0.345 e. The molecule has 0 aliphatic rings. The molecule has 0 aliphatic carbocycles. The second kappa shape index (κ2) is 9.23. The van der Waals surface area contributed by atoms with E-state index in [0.717, 1.165) is 24.7 Å². The van der Waals surface area contributed by atoms with Crippen LogP contribution in [-0.2, 0) is 16.0 Å². The quantitative estimate of drug-likeness (QED) is 0.448. The number of carbonyl (C=O) groups excluding carboxylic acids is 2. The van der Waals surface area contributed by atoms with Crippen molar-refractivity contribution in [1.82, 2.24) is 5.32 Å². The zero-order chi connectivity index (χ0) is 14.8. The van der Waals surface area contributed by atoms with Crippen LogP contribution in [0.5, 0.6) is 0 Å². The maximum atomic E-state index is 11.9. The molecule has 0 bridgehead atoms. The number of unbranched alkanes of at least 4 members (excludes halogenated alkanes) is 1. The summed E-state index contributed by atoms with van der Waals surface area (Å²) in [5.74, 6) is -0.293. The van der Waals surface area contributed by atoms with Crippen LogP contribution in [0.25, 0.3) is 0 Å². The summed E-state index contributed by atoms with van der Waals surface area (Å²) in [5, 5.41) is 2.67. The maximum Gasteiger partial charge on any atom is 0.237 e. The molecule has 2 atom stereocenters. The Morgan fingerprint density at radius 3 is 2.55 bits per heavy atom. The Hall–Kier alpha value is -1.72. The molecule has 0 heterocycles. The van der Waals surface area contributed by atoms with Gasteiger partial charge in [0.25, 0.3) is 0 Å². The number of rotatable bonds is 9. The molecule has 5 heteroatoms. The van der Waals surface area contributed by atoms with Gasteiger partial charge in [-0.2, -0.15) is 0 Å². The van der Waals surface area contributed by atoms with Crippen LogP contribution in [0.15, 0.2) is 30.3 Å². The van der Waals surface area contributed by atoms with Gasteiger partial charge in [-0.3, -0.25) is 4.79 Å². The van der Waals surface area contributed by atoms with E-state index < -0.39 is 12.1 Å². The van der Waals surface area contributed by atoms with Gasteiger partial charge in [-0.25, -0.2) is 0 Å². The third-order valence-corrected chi connectivity index (χ3v) is 3.10. The van der Waals surface area contributed by atoms with Gasteiger partial charge in [0.05, 0.1) is 12.1 Å². The normalized spacial score (nSPS) is 13.5. The van der Waals surface area contributed by atoms with Crippen molar-refractivity contribution in [3.05, 3.63) is 35.9 Å². The zero-order valence-corrected chi connectivity index (χ0v) is 11.6. The third-order valence-electron chi connectivity index (χ3n) is 3.10. The van der Waals surface area contributed by atoms with Crippen molar-refractivity contribution in [1.29, 1.82) is 0 Å². The highest BCUT2D eigenvalue weighted by Crippen LogP contribution is 2.03. The summed E-state index contributed by atoms with van der Waals surface area (Å²) < 4.78 is 0. The molecule has 1 aromatic carbocycles. The van der Waals surface area contributed by atoms with E-state index in [-0.39, 0.29) is 5.91 Å². The van der Waals surface area contributed by atoms with Crippen LogP contribution in [0.2, 0.25) is 0 Å². The number of nitrogens with two attached hydrogens (primary N) is 2. The number of hydrogen-bond acceptors (Lipinski definition) is 4. The van der Waals surface area contributed by atoms with Gasteiger partial charge in [-0.15, -0.1) is 0 Å². The Kier molecular flexibility index (Phi) is 7.54. The first-order valence-corrected chi connectivity index (χ1v) is 6.92. The molecule has 1 rings (SSSR count). The molecule has 1 amide bonds. The molecule has 0 aliphatic heterocycles. The highest BCUT2D eigenvalue weighted by atomic mass is 16.2. The van der Waals surface area contributed by atoms with Crippen LogP contribution < -0.4 is 16.8 Å². The average molecular weight is 277 g/mol. The van der Waals surface area contributed by atoms with Crippen LogP contribution >= 0.6 is 0 Å². The van der Waals surface area contributed by atoms with Gasteiger partial charge in [0.15, 0.2) is 0 Å². The third kappa shape index (κ3) is 5.95. The second-order valence-electron chi connectivity index (χ2n) is 4.83. The first-order valence-electron chi connectivity index (χ1n) is 6.92. The molecular formula is C15H23N3O2. The highest BCUT2D eigenvalue weighted by Gasteiger charge is 2.17. The van der Waals surface area contributed by atoms with Gasteiger partial charge in [0, 0.05) is 0 Å². The van der Waals surface area contributed by atoms with E-state index >= 15 is 0 Å². The number of carbonyl (C=O) groups is 2. The number of hydrogen-bond donors (Lipinski definition) is 3. The van der Waals surface area contributed by atoms with Crippen molar-refractivity contribution >= 4 is 12.2 Å². The van der Waals surface area contributed by atoms with Crippen molar-refractivity contribution < 1.29 is 9.59 Å². The molecule has 5 N–H and O–H groups in total. The molecule has 0 fully saturated rings. The van der Waals surface area contributed by atoms with Crippen LogP contribution in [0, 0.1) is 0 Å². The Balaban J connectivity index is 2.41. The predicted octanol–water partition coefficient (Wildman–Crippen LogP) is 0.369. The van der Waals surface area contributed by atoms with Gasteiger partial charge in [-0.1, -0.05) is 30.3 Å². The standard InChI is InChI=1S/C15H23N3O2/c16-9-5-4-8-13(11-19)18-15(20)14(17)10-12-6-2-1-3-7-12/h1-3,6-7,11,13-14H,4-5,8-10,16-17H2,(H,18,20)/t13-,14-/m0/s1. The topological polar surface area (TPSA) is 98.2 Å².